The Labute approximate surface area is 230 Å². The van der Waals surface area contributed by atoms with E-state index in [0.29, 0.717) is 22.5 Å². The lowest BCUT2D eigenvalue weighted by Crippen LogP contribution is -2.26. The first-order valence-corrected chi connectivity index (χ1v) is 14.4. The van der Waals surface area contributed by atoms with Gasteiger partial charge in [-0.25, -0.2) is 13.4 Å². The normalized spacial score (nSPS) is 14.4. The number of hydrogen-bond acceptors (Lipinski definition) is 6. The van der Waals surface area contributed by atoms with Crippen molar-refractivity contribution in [2.75, 3.05) is 5.75 Å². The Morgan fingerprint density at radius 1 is 1.05 bits per heavy atom. The highest BCUT2D eigenvalue weighted by Crippen LogP contribution is 2.44. The van der Waals surface area contributed by atoms with E-state index in [1.807, 2.05) is 25.3 Å². The standard InChI is InChI=1S/C29H29F2N3O5S/c1-5-40(36,37)21-12-9-18(10-13-21)16-32-26(35)19-11-14-23-22(15-19)33-27(28(2,3)4)34(23)17-20-7-6-8-24-25(20)39-29(30,31)38-24/h6-15H,5,16-17H2,1-4H3,(H,32,35). The highest BCUT2D eigenvalue weighted by molar-refractivity contribution is 7.91. The van der Waals surface area contributed by atoms with Gasteiger partial charge in [0.25, 0.3) is 5.91 Å². The summed E-state index contributed by atoms with van der Waals surface area (Å²) < 4.78 is 62.9. The Bertz CT molecular complexity index is 1710. The number of imidazole rings is 1. The summed E-state index contributed by atoms with van der Waals surface area (Å²) in [5.74, 6) is 0.387. The predicted octanol–water partition coefficient (Wildman–Crippen LogP) is 5.43. The maximum absolute atomic E-state index is 13.8. The number of amides is 1. The van der Waals surface area contributed by atoms with Gasteiger partial charge in [-0.05, 0) is 42.0 Å². The molecule has 0 radical (unpaired) electrons. The van der Waals surface area contributed by atoms with Gasteiger partial charge in [0.2, 0.25) is 0 Å². The Balaban J connectivity index is 1.40. The third kappa shape index (κ3) is 5.38. The van der Waals surface area contributed by atoms with Gasteiger partial charge < -0.3 is 19.4 Å². The molecule has 8 nitrogen and oxygen atoms in total. The van der Waals surface area contributed by atoms with E-state index in [0.717, 1.165) is 11.1 Å². The monoisotopic (exact) mass is 569 g/mol. The number of hydrogen-bond donors (Lipinski definition) is 1. The van der Waals surface area contributed by atoms with Crippen LogP contribution in [0.1, 0.15) is 55.0 Å². The first-order chi connectivity index (χ1) is 18.8. The fourth-order valence-electron chi connectivity index (χ4n) is 4.59. The SMILES string of the molecule is CCS(=O)(=O)c1ccc(CNC(=O)c2ccc3c(c2)nc(C(C)(C)C)n3Cc2cccc3c2OC(F)(F)O3)cc1. The molecule has 0 saturated carbocycles. The molecule has 210 valence electrons. The van der Waals surface area contributed by atoms with Crippen LogP contribution in [-0.2, 0) is 28.3 Å². The maximum Gasteiger partial charge on any atom is 0.586 e. The van der Waals surface area contributed by atoms with Crippen LogP contribution in [0.3, 0.4) is 0 Å². The topological polar surface area (TPSA) is 99.5 Å². The number of nitrogens with one attached hydrogen (secondary N) is 1. The summed E-state index contributed by atoms with van der Waals surface area (Å²) in [4.78, 5) is 18.0. The highest BCUT2D eigenvalue weighted by Gasteiger charge is 2.44. The molecule has 0 saturated heterocycles. The number of carbonyl (C=O) groups excluding carboxylic acids is 1. The second kappa shape index (κ2) is 9.88. The van der Waals surface area contributed by atoms with E-state index in [2.05, 4.69) is 10.1 Å². The number of nitrogens with zero attached hydrogens (tertiary/aromatic N) is 2. The number of benzene rings is 3. The van der Waals surface area contributed by atoms with Gasteiger partial charge in [-0.2, -0.15) is 0 Å². The summed E-state index contributed by atoms with van der Waals surface area (Å²) >= 11 is 0. The fraction of sp³-hybridized carbons (Fsp3) is 0.310. The van der Waals surface area contributed by atoms with E-state index in [4.69, 9.17) is 9.72 Å². The summed E-state index contributed by atoms with van der Waals surface area (Å²) in [7, 11) is -3.29. The van der Waals surface area contributed by atoms with Gasteiger partial charge in [0.1, 0.15) is 5.82 Å². The van der Waals surface area contributed by atoms with Crippen molar-refractivity contribution in [1.29, 1.82) is 0 Å². The number of aromatic nitrogens is 2. The van der Waals surface area contributed by atoms with Gasteiger partial charge in [0, 0.05) is 23.1 Å². The van der Waals surface area contributed by atoms with Gasteiger partial charge in [-0.15, -0.1) is 8.78 Å². The molecule has 0 aliphatic carbocycles. The zero-order valence-corrected chi connectivity index (χ0v) is 23.3. The van der Waals surface area contributed by atoms with Crippen LogP contribution < -0.4 is 14.8 Å². The van der Waals surface area contributed by atoms with Crippen LogP contribution in [0.25, 0.3) is 11.0 Å². The summed E-state index contributed by atoms with van der Waals surface area (Å²) in [6.45, 7) is 8.01. The lowest BCUT2D eigenvalue weighted by Gasteiger charge is -2.20. The van der Waals surface area contributed by atoms with E-state index in [9.17, 15) is 22.0 Å². The van der Waals surface area contributed by atoms with Crippen molar-refractivity contribution in [2.45, 2.75) is 57.4 Å². The molecule has 3 aromatic carbocycles. The van der Waals surface area contributed by atoms with Gasteiger partial charge in [0.05, 0.1) is 28.2 Å². The van der Waals surface area contributed by atoms with Gasteiger partial charge in [-0.1, -0.05) is 52.0 Å². The number of sulfone groups is 1. The highest BCUT2D eigenvalue weighted by atomic mass is 32.2. The maximum atomic E-state index is 13.8. The van der Waals surface area contributed by atoms with Gasteiger partial charge in [0.15, 0.2) is 21.3 Å². The van der Waals surface area contributed by atoms with Gasteiger partial charge in [-0.3, -0.25) is 4.79 Å². The molecule has 1 N–H and O–H groups in total. The fourth-order valence-corrected chi connectivity index (χ4v) is 5.47. The van der Waals surface area contributed by atoms with E-state index >= 15 is 0 Å². The number of para-hydroxylation sites is 1. The average Bonchev–Trinajstić information content (AvgIpc) is 3.43. The van der Waals surface area contributed by atoms with Gasteiger partial charge >= 0.3 is 6.29 Å². The molecule has 1 aliphatic rings. The molecule has 0 spiro atoms. The van der Waals surface area contributed by atoms with Crippen molar-refractivity contribution in [3.05, 3.63) is 83.2 Å². The molecule has 1 amide bonds. The van der Waals surface area contributed by atoms with Crippen LogP contribution in [0.4, 0.5) is 8.78 Å². The molecular formula is C29H29F2N3O5S. The molecule has 0 atom stereocenters. The molecule has 0 unspecified atom stereocenters. The molecule has 4 aromatic rings. The van der Waals surface area contributed by atoms with E-state index in [1.165, 1.54) is 18.2 Å². The quantitative estimate of drug-likeness (QED) is 0.319. The smallest absolute Gasteiger partial charge is 0.395 e. The predicted molar refractivity (Wildman–Crippen MR) is 146 cm³/mol. The van der Waals surface area contributed by atoms with Crippen LogP contribution in [0.5, 0.6) is 11.5 Å². The summed E-state index contributed by atoms with van der Waals surface area (Å²) in [5.41, 5.74) is 2.60. The zero-order chi connectivity index (χ0) is 28.9. The number of halogens is 2. The number of alkyl halides is 2. The Hall–Kier alpha value is -3.99. The summed E-state index contributed by atoms with van der Waals surface area (Å²) in [5, 5.41) is 2.86. The van der Waals surface area contributed by atoms with Crippen LogP contribution in [0, 0.1) is 0 Å². The number of ether oxygens (including phenoxy) is 2. The van der Waals surface area contributed by atoms with Crippen molar-refractivity contribution in [3.8, 4) is 11.5 Å². The number of fused-ring (bicyclic) bond motifs is 2. The minimum absolute atomic E-state index is 0.00877. The second-order valence-electron chi connectivity index (χ2n) is 10.6. The van der Waals surface area contributed by atoms with Crippen molar-refractivity contribution >= 4 is 26.8 Å². The largest absolute Gasteiger partial charge is 0.586 e. The summed E-state index contributed by atoms with van der Waals surface area (Å²) in [6, 6.07) is 16.3. The van der Waals surface area contributed by atoms with Crippen molar-refractivity contribution < 1.29 is 31.5 Å². The van der Waals surface area contributed by atoms with Crippen LogP contribution in [0.2, 0.25) is 0 Å². The molecule has 40 heavy (non-hydrogen) atoms. The third-order valence-corrected chi connectivity index (χ3v) is 8.39. The molecular weight excluding hydrogens is 540 g/mol. The number of carbonyl (C=O) groups is 1. The van der Waals surface area contributed by atoms with E-state index in [1.54, 1.807) is 49.4 Å². The Kier molecular flexibility index (Phi) is 6.81. The lowest BCUT2D eigenvalue weighted by atomic mass is 9.95. The molecule has 0 bridgehead atoms. The molecule has 11 heteroatoms. The van der Waals surface area contributed by atoms with Crippen molar-refractivity contribution in [3.63, 3.8) is 0 Å². The first-order valence-electron chi connectivity index (χ1n) is 12.8. The molecule has 1 aromatic heterocycles. The minimum atomic E-state index is -3.72. The van der Waals surface area contributed by atoms with Crippen LogP contribution in [-0.4, -0.2) is 35.9 Å². The lowest BCUT2D eigenvalue weighted by molar-refractivity contribution is -0.286. The third-order valence-electron chi connectivity index (χ3n) is 6.64. The van der Waals surface area contributed by atoms with E-state index in [-0.39, 0.29) is 41.1 Å². The zero-order valence-electron chi connectivity index (χ0n) is 22.5. The first kappa shape index (κ1) is 27.6. The van der Waals surface area contributed by atoms with Crippen molar-refractivity contribution in [2.24, 2.45) is 0 Å². The van der Waals surface area contributed by atoms with Crippen LogP contribution in [0.15, 0.2) is 65.6 Å². The number of rotatable bonds is 7. The van der Waals surface area contributed by atoms with Crippen molar-refractivity contribution in [1.82, 2.24) is 14.9 Å². The average molecular weight is 570 g/mol. The molecule has 5 rings (SSSR count). The van der Waals surface area contributed by atoms with Crippen LogP contribution >= 0.6 is 0 Å². The Morgan fingerprint density at radius 3 is 2.45 bits per heavy atom. The molecule has 0 fully saturated rings. The minimum Gasteiger partial charge on any atom is -0.395 e. The summed E-state index contributed by atoms with van der Waals surface area (Å²) in [6.07, 6.45) is -3.72. The molecule has 2 heterocycles. The second-order valence-corrected chi connectivity index (χ2v) is 12.9. The molecule has 1 aliphatic heterocycles. The Morgan fingerprint density at radius 2 is 1.77 bits per heavy atom. The van der Waals surface area contributed by atoms with E-state index < -0.39 is 21.5 Å².